The first-order valence-electron chi connectivity index (χ1n) is 10.9. The number of ketones is 1. The predicted octanol–water partition coefficient (Wildman–Crippen LogP) is 2.76. The van der Waals surface area contributed by atoms with Gasteiger partial charge in [0.1, 0.15) is 5.75 Å². The van der Waals surface area contributed by atoms with Gasteiger partial charge in [-0.1, -0.05) is 18.2 Å². The van der Waals surface area contributed by atoms with Crippen LogP contribution in [0.4, 0.5) is 0 Å². The van der Waals surface area contributed by atoms with Gasteiger partial charge in [0.25, 0.3) is 5.91 Å². The number of methoxy groups -OCH3 is 1. The van der Waals surface area contributed by atoms with Crippen molar-refractivity contribution in [1.82, 2.24) is 10.6 Å². The number of carbonyl (C=O) groups excluding carboxylic acids is 2. The van der Waals surface area contributed by atoms with Gasteiger partial charge in [0.2, 0.25) is 0 Å². The molecule has 174 valence electrons. The highest BCUT2D eigenvalue weighted by atomic mass is 32.2. The fraction of sp³-hybridized carbons (Fsp3) is 0.360. The Morgan fingerprint density at radius 3 is 2.45 bits per heavy atom. The van der Waals surface area contributed by atoms with Crippen LogP contribution in [-0.2, 0) is 16.3 Å². The maximum Gasteiger partial charge on any atom is 0.251 e. The van der Waals surface area contributed by atoms with Gasteiger partial charge in [0, 0.05) is 40.0 Å². The van der Waals surface area contributed by atoms with Crippen LogP contribution in [0.15, 0.2) is 48.5 Å². The Labute approximate surface area is 194 Å². The number of rotatable bonds is 5. The quantitative estimate of drug-likeness (QED) is 0.517. The van der Waals surface area contributed by atoms with Gasteiger partial charge in [-0.2, -0.15) is 0 Å². The molecule has 0 spiro atoms. The molecule has 7 nitrogen and oxygen atoms in total. The molecule has 8 heteroatoms. The number of allylic oxidation sites excluding steroid dienone is 1. The Morgan fingerprint density at radius 2 is 1.82 bits per heavy atom. The summed E-state index contributed by atoms with van der Waals surface area (Å²) in [6.07, 6.45) is 2.83. The van der Waals surface area contributed by atoms with Crippen LogP contribution in [0.2, 0.25) is 0 Å². The maximum absolute atomic E-state index is 13.0. The first-order valence-corrected chi connectivity index (χ1v) is 12.7. The number of fused-ring (bicyclic) bond motifs is 1. The van der Waals surface area contributed by atoms with E-state index in [4.69, 9.17) is 4.74 Å². The van der Waals surface area contributed by atoms with Crippen molar-refractivity contribution in [2.45, 2.75) is 38.3 Å². The van der Waals surface area contributed by atoms with Gasteiger partial charge in [0.15, 0.2) is 15.6 Å². The number of benzene rings is 2. The van der Waals surface area contributed by atoms with E-state index < -0.39 is 9.84 Å². The molecule has 0 aliphatic carbocycles. The van der Waals surface area contributed by atoms with Crippen LogP contribution in [0.5, 0.6) is 5.75 Å². The smallest absolute Gasteiger partial charge is 0.251 e. The van der Waals surface area contributed by atoms with Gasteiger partial charge in [-0.25, -0.2) is 8.42 Å². The zero-order valence-electron chi connectivity index (χ0n) is 19.0. The van der Waals surface area contributed by atoms with Crippen LogP contribution in [0.25, 0.3) is 5.70 Å². The standard InChI is InChI=1S/C25H28N2O5S/c1-25(2)14-18-8-9-20(32-3)12-21(18)22(27-25)13-23(28)16-4-6-17(7-5-16)24(29)26-19-10-11-33(30,31)15-19/h4-9,12-13,19,27H,10-11,14-15H2,1-3H3,(H,26,29). The summed E-state index contributed by atoms with van der Waals surface area (Å²) in [4.78, 5) is 25.5. The van der Waals surface area contributed by atoms with E-state index in [9.17, 15) is 18.0 Å². The van der Waals surface area contributed by atoms with E-state index in [1.807, 2.05) is 18.2 Å². The van der Waals surface area contributed by atoms with Crippen LogP contribution in [0, 0.1) is 0 Å². The lowest BCUT2D eigenvalue weighted by Gasteiger charge is -2.35. The Kier molecular flexibility index (Phi) is 6.05. The number of nitrogens with one attached hydrogen (secondary N) is 2. The van der Waals surface area contributed by atoms with Crippen molar-refractivity contribution in [3.8, 4) is 5.75 Å². The van der Waals surface area contributed by atoms with Crippen LogP contribution >= 0.6 is 0 Å². The molecule has 2 aromatic carbocycles. The number of hydrogen-bond acceptors (Lipinski definition) is 6. The number of amides is 1. The van der Waals surface area contributed by atoms with E-state index in [2.05, 4.69) is 24.5 Å². The van der Waals surface area contributed by atoms with E-state index in [0.29, 0.717) is 17.5 Å². The third-order valence-corrected chi connectivity index (χ3v) is 7.76. The fourth-order valence-electron chi connectivity index (χ4n) is 4.33. The highest BCUT2D eigenvalue weighted by Crippen LogP contribution is 2.32. The molecule has 1 saturated heterocycles. The second-order valence-corrected chi connectivity index (χ2v) is 11.5. The minimum absolute atomic E-state index is 0.0293. The molecule has 1 amide bonds. The van der Waals surface area contributed by atoms with E-state index in [-0.39, 0.29) is 34.8 Å². The van der Waals surface area contributed by atoms with E-state index in [1.165, 1.54) is 0 Å². The SMILES string of the molecule is COc1ccc2c(c1)C(=CC(=O)c1ccc(C(=O)NC3CCS(=O)(=O)C3)cc1)NC(C)(C)C2. The molecule has 2 aliphatic rings. The molecule has 1 fully saturated rings. The van der Waals surface area contributed by atoms with Gasteiger partial charge in [-0.3, -0.25) is 9.59 Å². The molecular weight excluding hydrogens is 440 g/mol. The number of carbonyl (C=O) groups is 2. The Hall–Kier alpha value is -3.13. The van der Waals surface area contributed by atoms with Crippen molar-refractivity contribution >= 4 is 27.2 Å². The topological polar surface area (TPSA) is 102 Å². The molecular formula is C25H28N2O5S. The molecule has 33 heavy (non-hydrogen) atoms. The number of hydrogen-bond donors (Lipinski definition) is 2. The van der Waals surface area contributed by atoms with Crippen LogP contribution in [-0.4, -0.2) is 50.3 Å². The van der Waals surface area contributed by atoms with Crippen molar-refractivity contribution in [2.75, 3.05) is 18.6 Å². The van der Waals surface area contributed by atoms with Gasteiger partial charge >= 0.3 is 0 Å². The Morgan fingerprint density at radius 1 is 1.12 bits per heavy atom. The van der Waals surface area contributed by atoms with Gasteiger partial charge < -0.3 is 15.4 Å². The van der Waals surface area contributed by atoms with Crippen molar-refractivity contribution in [3.05, 3.63) is 70.8 Å². The Balaban J connectivity index is 1.52. The number of sulfone groups is 1. The highest BCUT2D eigenvalue weighted by molar-refractivity contribution is 7.91. The van der Waals surface area contributed by atoms with E-state index >= 15 is 0 Å². The molecule has 0 radical (unpaired) electrons. The summed E-state index contributed by atoms with van der Waals surface area (Å²) >= 11 is 0. The molecule has 1 unspecified atom stereocenters. The third kappa shape index (κ3) is 5.27. The molecule has 2 aromatic rings. The van der Waals surface area contributed by atoms with Gasteiger partial charge in [0.05, 0.1) is 18.6 Å². The molecule has 0 bridgehead atoms. The Bertz CT molecular complexity index is 1230. The molecule has 2 heterocycles. The van der Waals surface area contributed by atoms with Crippen molar-refractivity contribution in [1.29, 1.82) is 0 Å². The molecule has 1 atom stereocenters. The average Bonchev–Trinajstić information content (AvgIpc) is 3.10. The van der Waals surface area contributed by atoms with Crippen LogP contribution in [0.3, 0.4) is 0 Å². The lowest BCUT2D eigenvalue weighted by molar-refractivity contribution is 0.0940. The summed E-state index contributed by atoms with van der Waals surface area (Å²) in [5.74, 6) is 0.265. The molecule has 2 aliphatic heterocycles. The molecule has 0 aromatic heterocycles. The minimum Gasteiger partial charge on any atom is -0.497 e. The van der Waals surface area contributed by atoms with E-state index in [1.54, 1.807) is 37.5 Å². The minimum atomic E-state index is -3.07. The van der Waals surface area contributed by atoms with Crippen LogP contribution < -0.4 is 15.4 Å². The van der Waals surface area contributed by atoms with Crippen molar-refractivity contribution in [2.24, 2.45) is 0 Å². The summed E-state index contributed by atoms with van der Waals surface area (Å²) in [5, 5.41) is 6.21. The summed E-state index contributed by atoms with van der Waals surface area (Å²) in [5.41, 5.74) is 3.44. The lowest BCUT2D eigenvalue weighted by atomic mass is 9.85. The second-order valence-electron chi connectivity index (χ2n) is 9.28. The maximum atomic E-state index is 13.0. The summed E-state index contributed by atoms with van der Waals surface area (Å²) in [6.45, 7) is 4.17. The molecule has 0 saturated carbocycles. The largest absolute Gasteiger partial charge is 0.497 e. The first kappa shape index (κ1) is 23.0. The van der Waals surface area contributed by atoms with Crippen LogP contribution in [0.1, 0.15) is 52.1 Å². The fourth-order valence-corrected chi connectivity index (χ4v) is 6.00. The number of ether oxygens (including phenoxy) is 1. The summed E-state index contributed by atoms with van der Waals surface area (Å²) in [7, 11) is -1.46. The van der Waals surface area contributed by atoms with Crippen molar-refractivity contribution < 1.29 is 22.7 Å². The summed E-state index contributed by atoms with van der Waals surface area (Å²) < 4.78 is 28.5. The molecule has 4 rings (SSSR count). The van der Waals surface area contributed by atoms with Crippen molar-refractivity contribution in [3.63, 3.8) is 0 Å². The van der Waals surface area contributed by atoms with Gasteiger partial charge in [-0.05, 0) is 56.5 Å². The second kappa shape index (κ2) is 8.67. The predicted molar refractivity (Wildman–Crippen MR) is 127 cm³/mol. The first-order chi connectivity index (χ1) is 15.5. The highest BCUT2D eigenvalue weighted by Gasteiger charge is 2.30. The normalized spacial score (nSPS) is 21.7. The lowest BCUT2D eigenvalue weighted by Crippen LogP contribution is -2.43. The third-order valence-electron chi connectivity index (χ3n) is 5.99. The van der Waals surface area contributed by atoms with E-state index in [0.717, 1.165) is 29.0 Å². The average molecular weight is 469 g/mol. The van der Waals surface area contributed by atoms with Gasteiger partial charge in [-0.15, -0.1) is 0 Å². The molecule has 2 N–H and O–H groups in total. The zero-order valence-corrected chi connectivity index (χ0v) is 19.8. The summed E-state index contributed by atoms with van der Waals surface area (Å²) in [6, 6.07) is 11.9. The zero-order chi connectivity index (χ0) is 23.8. The monoisotopic (exact) mass is 468 g/mol.